The molecule has 10 heteroatoms. The lowest BCUT2D eigenvalue weighted by atomic mass is 10.1. The fourth-order valence-corrected chi connectivity index (χ4v) is 4.36. The molecule has 9 nitrogen and oxygen atoms in total. The number of hydrogen-bond acceptors (Lipinski definition) is 9. The van der Waals surface area contributed by atoms with Gasteiger partial charge >= 0.3 is 11.9 Å². The maximum Gasteiger partial charge on any atom is 0.355 e. The number of sulfone groups is 1. The van der Waals surface area contributed by atoms with Crippen LogP contribution in [0.25, 0.3) is 0 Å². The second-order valence-electron chi connectivity index (χ2n) is 6.37. The van der Waals surface area contributed by atoms with Crippen molar-refractivity contribution in [2.45, 2.75) is 0 Å². The van der Waals surface area contributed by atoms with Crippen molar-refractivity contribution in [3.8, 4) is 0 Å². The number of hydrogen-bond donors (Lipinski definition) is 0. The molecule has 1 aromatic rings. The molecule has 1 saturated heterocycles. The molecule has 0 unspecified atom stereocenters. The summed E-state index contributed by atoms with van der Waals surface area (Å²) in [6, 6.07) is 7.25. The van der Waals surface area contributed by atoms with Gasteiger partial charge < -0.3 is 24.0 Å². The van der Waals surface area contributed by atoms with E-state index in [0.717, 1.165) is 5.69 Å². The number of rotatable bonds is 4. The Balaban J connectivity index is 1.87. The monoisotopic (exact) mass is 410 g/mol. The molecule has 0 atom stereocenters. The molecule has 152 valence electrons. The van der Waals surface area contributed by atoms with E-state index < -0.39 is 21.8 Å². The van der Waals surface area contributed by atoms with Crippen LogP contribution < -0.4 is 9.80 Å². The van der Waals surface area contributed by atoms with Crippen LogP contribution in [0.1, 0.15) is 0 Å². The maximum atomic E-state index is 12.3. The molecule has 0 radical (unpaired) electrons. The molecule has 2 heterocycles. The van der Waals surface area contributed by atoms with E-state index in [2.05, 4.69) is 0 Å². The van der Waals surface area contributed by atoms with Crippen molar-refractivity contribution < 1.29 is 32.2 Å². The predicted octanol–water partition coefficient (Wildman–Crippen LogP) is 0.316. The van der Waals surface area contributed by atoms with E-state index in [1.54, 1.807) is 17.0 Å². The van der Waals surface area contributed by atoms with Gasteiger partial charge in [-0.1, -0.05) is 0 Å². The van der Waals surface area contributed by atoms with Crippen molar-refractivity contribution in [3.05, 3.63) is 35.5 Å². The lowest BCUT2D eigenvalue weighted by molar-refractivity contribution is -0.140. The van der Waals surface area contributed by atoms with Gasteiger partial charge in [0.2, 0.25) is 0 Å². The van der Waals surface area contributed by atoms with Gasteiger partial charge in [-0.15, -0.1) is 0 Å². The largest absolute Gasteiger partial charge is 0.466 e. The van der Waals surface area contributed by atoms with Crippen LogP contribution in [0.5, 0.6) is 0 Å². The number of ether oxygens (including phenoxy) is 3. The van der Waals surface area contributed by atoms with Crippen molar-refractivity contribution >= 4 is 33.2 Å². The molecule has 2 aliphatic rings. The smallest absolute Gasteiger partial charge is 0.355 e. The highest BCUT2D eigenvalue weighted by Gasteiger charge is 2.32. The Morgan fingerprint density at radius 1 is 0.964 bits per heavy atom. The van der Waals surface area contributed by atoms with Gasteiger partial charge in [0, 0.05) is 24.5 Å². The zero-order valence-corrected chi connectivity index (χ0v) is 16.5. The number of methoxy groups -OCH3 is 2. The van der Waals surface area contributed by atoms with E-state index in [1.165, 1.54) is 14.2 Å². The van der Waals surface area contributed by atoms with Gasteiger partial charge in [-0.05, 0) is 24.3 Å². The molecular formula is C18H22N2O7S. The zero-order valence-electron chi connectivity index (χ0n) is 15.7. The average molecular weight is 410 g/mol. The summed E-state index contributed by atoms with van der Waals surface area (Å²) in [6.45, 7) is 0.906. The number of benzene rings is 1. The minimum absolute atomic E-state index is 0.0477. The molecule has 0 N–H and O–H groups in total. The molecule has 1 fully saturated rings. The van der Waals surface area contributed by atoms with E-state index >= 15 is 0 Å². The second-order valence-corrected chi connectivity index (χ2v) is 8.67. The van der Waals surface area contributed by atoms with Gasteiger partial charge in [0.25, 0.3) is 0 Å². The molecule has 0 aromatic heterocycles. The summed E-state index contributed by atoms with van der Waals surface area (Å²) < 4.78 is 38.2. The number of anilines is 2. The Morgan fingerprint density at radius 2 is 1.54 bits per heavy atom. The summed E-state index contributed by atoms with van der Waals surface area (Å²) in [7, 11) is -0.479. The van der Waals surface area contributed by atoms with E-state index in [9.17, 15) is 18.0 Å². The van der Waals surface area contributed by atoms with Gasteiger partial charge in [-0.3, -0.25) is 0 Å². The van der Waals surface area contributed by atoms with E-state index in [-0.39, 0.29) is 36.1 Å². The Hall–Kier alpha value is -2.59. The van der Waals surface area contributed by atoms with Crippen LogP contribution in [0.15, 0.2) is 35.5 Å². The van der Waals surface area contributed by atoms with Gasteiger partial charge in [-0.2, -0.15) is 0 Å². The summed E-state index contributed by atoms with van der Waals surface area (Å²) in [5.41, 5.74) is 1.69. The van der Waals surface area contributed by atoms with Gasteiger partial charge in [0.1, 0.15) is 12.4 Å². The van der Waals surface area contributed by atoms with Crippen LogP contribution in [0.2, 0.25) is 0 Å². The van der Waals surface area contributed by atoms with Crippen molar-refractivity contribution in [2.24, 2.45) is 0 Å². The third-order valence-electron chi connectivity index (χ3n) is 4.70. The lowest BCUT2D eigenvalue weighted by Crippen LogP contribution is -2.40. The highest BCUT2D eigenvalue weighted by molar-refractivity contribution is 7.91. The zero-order chi connectivity index (χ0) is 20.3. The van der Waals surface area contributed by atoms with Crippen molar-refractivity contribution in [1.29, 1.82) is 0 Å². The Bertz CT molecular complexity index is 879. The SMILES string of the molecule is COC(=O)C1=C(C(=O)OC)N(c2ccc(N3CCS(=O)(=O)CC3)cc2)COC1. The minimum Gasteiger partial charge on any atom is -0.466 e. The standard InChI is InChI=1S/C18H22N2O7S/c1-25-17(21)15-11-27-12-20(16(15)18(22)26-2)14-5-3-13(4-6-14)19-7-9-28(23,24)10-8-19/h3-6H,7-12H2,1-2H3. The number of carbonyl (C=O) groups excluding carboxylic acids is 2. The molecular weight excluding hydrogens is 388 g/mol. The van der Waals surface area contributed by atoms with Gasteiger partial charge in [-0.25, -0.2) is 18.0 Å². The number of nitrogens with zero attached hydrogens (tertiary/aromatic N) is 2. The number of carbonyl (C=O) groups is 2. The van der Waals surface area contributed by atoms with Crippen LogP contribution in [0.4, 0.5) is 11.4 Å². The third-order valence-corrected chi connectivity index (χ3v) is 6.31. The Morgan fingerprint density at radius 3 is 2.11 bits per heavy atom. The van der Waals surface area contributed by atoms with E-state index in [4.69, 9.17) is 14.2 Å². The quantitative estimate of drug-likeness (QED) is 0.649. The summed E-state index contributed by atoms with van der Waals surface area (Å²) in [4.78, 5) is 27.9. The molecule has 2 aliphatic heterocycles. The average Bonchev–Trinajstić information content (AvgIpc) is 2.72. The summed E-state index contributed by atoms with van der Waals surface area (Å²) in [5, 5.41) is 0. The van der Waals surface area contributed by atoms with Gasteiger partial charge in [0.15, 0.2) is 9.84 Å². The van der Waals surface area contributed by atoms with Crippen molar-refractivity contribution in [2.75, 3.05) is 62.0 Å². The van der Waals surface area contributed by atoms with Crippen LogP contribution >= 0.6 is 0 Å². The second kappa shape index (κ2) is 8.19. The third kappa shape index (κ3) is 4.12. The van der Waals surface area contributed by atoms with Crippen LogP contribution in [0.3, 0.4) is 0 Å². The molecule has 3 rings (SSSR count). The Kier molecular flexibility index (Phi) is 5.90. The fraction of sp³-hybridized carbons (Fsp3) is 0.444. The summed E-state index contributed by atoms with van der Waals surface area (Å²) in [5.74, 6) is -1.05. The molecule has 0 saturated carbocycles. The molecule has 0 aliphatic carbocycles. The molecule has 1 aromatic carbocycles. The predicted molar refractivity (Wildman–Crippen MR) is 102 cm³/mol. The molecule has 0 amide bonds. The number of esters is 2. The first-order valence-electron chi connectivity index (χ1n) is 8.67. The highest BCUT2D eigenvalue weighted by Crippen LogP contribution is 2.29. The molecule has 0 bridgehead atoms. The summed E-state index contributed by atoms with van der Waals surface area (Å²) in [6.07, 6.45) is 0. The molecule has 0 spiro atoms. The van der Waals surface area contributed by atoms with Crippen LogP contribution in [-0.2, 0) is 33.6 Å². The van der Waals surface area contributed by atoms with Crippen LogP contribution in [-0.4, -0.2) is 72.5 Å². The topological polar surface area (TPSA) is 102 Å². The first-order valence-corrected chi connectivity index (χ1v) is 10.5. The fourth-order valence-electron chi connectivity index (χ4n) is 3.16. The summed E-state index contributed by atoms with van der Waals surface area (Å²) >= 11 is 0. The molecule has 28 heavy (non-hydrogen) atoms. The first-order chi connectivity index (χ1) is 13.4. The first kappa shape index (κ1) is 20.2. The normalized spacial score (nSPS) is 19.4. The maximum absolute atomic E-state index is 12.3. The van der Waals surface area contributed by atoms with E-state index in [0.29, 0.717) is 18.8 Å². The highest BCUT2D eigenvalue weighted by atomic mass is 32.2. The Labute approximate surface area is 163 Å². The van der Waals surface area contributed by atoms with Gasteiger partial charge in [0.05, 0.1) is 37.9 Å². The van der Waals surface area contributed by atoms with Crippen molar-refractivity contribution in [3.63, 3.8) is 0 Å². The van der Waals surface area contributed by atoms with Crippen LogP contribution in [0, 0.1) is 0 Å². The minimum atomic E-state index is -2.95. The lowest BCUT2D eigenvalue weighted by Gasteiger charge is -2.32. The van der Waals surface area contributed by atoms with E-state index in [1.807, 2.05) is 17.0 Å². The van der Waals surface area contributed by atoms with Crippen molar-refractivity contribution in [1.82, 2.24) is 0 Å².